The van der Waals surface area contributed by atoms with Crippen molar-refractivity contribution in [1.82, 2.24) is 29.5 Å². The van der Waals surface area contributed by atoms with Gasteiger partial charge in [0.25, 0.3) is 5.89 Å². The number of benzene rings is 1. The molecule has 30 heavy (non-hydrogen) atoms. The molecular formula is C21H21ClN6O2. The third-order valence-electron chi connectivity index (χ3n) is 5.52. The Morgan fingerprint density at radius 1 is 1.27 bits per heavy atom. The van der Waals surface area contributed by atoms with E-state index in [0.29, 0.717) is 28.9 Å². The van der Waals surface area contributed by atoms with Crippen molar-refractivity contribution in [3.63, 3.8) is 0 Å². The molecular weight excluding hydrogens is 404 g/mol. The fourth-order valence-corrected chi connectivity index (χ4v) is 3.83. The number of nitrogens with zero attached hydrogens (tertiary/aromatic N) is 6. The average molecular weight is 425 g/mol. The number of fused-ring (bicyclic) bond motifs is 5. The molecule has 0 aliphatic carbocycles. The minimum absolute atomic E-state index is 0.405. The van der Waals surface area contributed by atoms with Crippen LogP contribution in [0.2, 0.25) is 5.02 Å². The molecule has 0 radical (unpaired) electrons. The minimum atomic E-state index is -0.680. The molecule has 8 nitrogen and oxygen atoms in total. The van der Waals surface area contributed by atoms with Gasteiger partial charge >= 0.3 is 0 Å². The molecule has 5 rings (SSSR count). The maximum absolute atomic E-state index is 6.32. The Morgan fingerprint density at radius 3 is 2.87 bits per heavy atom. The quantitative estimate of drug-likeness (QED) is 0.429. The average Bonchev–Trinajstić information content (AvgIpc) is 3.45. The van der Waals surface area contributed by atoms with Gasteiger partial charge in [-0.3, -0.25) is 4.68 Å². The number of aryl methyl sites for hydroxylation is 1. The third-order valence-corrected chi connectivity index (χ3v) is 5.76. The number of hydrogen-bond acceptors (Lipinski definition) is 6. The highest BCUT2D eigenvalue weighted by molar-refractivity contribution is 6.31. The van der Waals surface area contributed by atoms with Gasteiger partial charge < -0.3 is 13.8 Å². The van der Waals surface area contributed by atoms with Gasteiger partial charge in [-0.25, -0.2) is 4.98 Å². The Kier molecular flexibility index (Phi) is 4.30. The summed E-state index contributed by atoms with van der Waals surface area (Å²) in [6, 6.07) is 5.81. The van der Waals surface area contributed by atoms with E-state index in [2.05, 4.69) is 32.8 Å². The number of rotatable bonds is 4. The minimum Gasteiger partial charge on any atom is -0.369 e. The summed E-state index contributed by atoms with van der Waals surface area (Å²) in [6.45, 7) is 6.61. The SMILES string of the molecule is CCn1cc2c(n1)-c1cc(Cl)ccc1-n1cnc(-c3noc(C(C)(C)OC)n3)c1C2. The number of hydrogen-bond donors (Lipinski definition) is 0. The highest BCUT2D eigenvalue weighted by atomic mass is 35.5. The fraction of sp³-hybridized carbons (Fsp3) is 0.333. The van der Waals surface area contributed by atoms with Crippen molar-refractivity contribution in [1.29, 1.82) is 0 Å². The lowest BCUT2D eigenvalue weighted by atomic mass is 10.0. The van der Waals surface area contributed by atoms with Crippen molar-refractivity contribution < 1.29 is 9.26 Å². The van der Waals surface area contributed by atoms with Crippen LogP contribution in [0.15, 0.2) is 35.2 Å². The van der Waals surface area contributed by atoms with Crippen LogP contribution in [0.5, 0.6) is 0 Å². The van der Waals surface area contributed by atoms with E-state index in [1.807, 2.05) is 36.7 Å². The van der Waals surface area contributed by atoms with E-state index in [4.69, 9.17) is 26.0 Å². The molecule has 9 heteroatoms. The van der Waals surface area contributed by atoms with Crippen molar-refractivity contribution in [3.05, 3.63) is 52.9 Å². The number of imidazole rings is 1. The summed E-state index contributed by atoms with van der Waals surface area (Å²) < 4.78 is 14.9. The molecule has 1 aliphatic rings. The Balaban J connectivity index is 1.70. The van der Waals surface area contributed by atoms with Crippen LogP contribution < -0.4 is 0 Å². The van der Waals surface area contributed by atoms with Crippen molar-refractivity contribution in [2.45, 2.75) is 39.3 Å². The number of aromatic nitrogens is 6. The molecule has 3 aromatic heterocycles. The summed E-state index contributed by atoms with van der Waals surface area (Å²) in [5, 5.41) is 9.62. The van der Waals surface area contributed by atoms with Gasteiger partial charge in [0.15, 0.2) is 0 Å². The van der Waals surface area contributed by atoms with E-state index >= 15 is 0 Å². The first-order valence-corrected chi connectivity index (χ1v) is 10.1. The molecule has 4 heterocycles. The summed E-state index contributed by atoms with van der Waals surface area (Å²) in [6.07, 6.45) is 4.49. The standard InChI is InChI=1S/C21H21ClN6O2/c1-5-27-10-12-8-16-18(19-24-20(30-26-19)21(2,3)29-4)23-11-28(16)15-7-6-13(22)9-14(15)17(12)25-27/h6-7,9-11H,5,8H2,1-4H3. The van der Waals surface area contributed by atoms with Crippen molar-refractivity contribution in [2.24, 2.45) is 0 Å². The first-order chi connectivity index (χ1) is 14.4. The summed E-state index contributed by atoms with van der Waals surface area (Å²) in [7, 11) is 1.61. The zero-order valence-electron chi connectivity index (χ0n) is 17.2. The lowest BCUT2D eigenvalue weighted by molar-refractivity contribution is -0.00786. The Hall–Kier alpha value is -2.97. The molecule has 1 aliphatic heterocycles. The van der Waals surface area contributed by atoms with E-state index in [-0.39, 0.29) is 0 Å². The summed E-state index contributed by atoms with van der Waals surface area (Å²) >= 11 is 6.32. The molecule has 0 saturated carbocycles. The monoisotopic (exact) mass is 424 g/mol. The predicted octanol–water partition coefficient (Wildman–Crippen LogP) is 4.24. The van der Waals surface area contributed by atoms with E-state index in [1.54, 1.807) is 13.4 Å². The number of ether oxygens (including phenoxy) is 1. The van der Waals surface area contributed by atoms with E-state index in [1.165, 1.54) is 0 Å². The van der Waals surface area contributed by atoms with Crippen LogP contribution in [-0.2, 0) is 23.3 Å². The van der Waals surface area contributed by atoms with Gasteiger partial charge in [0.05, 0.1) is 17.1 Å². The zero-order valence-corrected chi connectivity index (χ0v) is 17.9. The van der Waals surface area contributed by atoms with Gasteiger partial charge in [-0.1, -0.05) is 16.8 Å². The molecule has 0 bridgehead atoms. The molecule has 0 fully saturated rings. The predicted molar refractivity (Wildman–Crippen MR) is 112 cm³/mol. The second kappa shape index (κ2) is 6.78. The molecule has 0 unspecified atom stereocenters. The molecule has 1 aromatic carbocycles. The Labute approximate surface area is 178 Å². The van der Waals surface area contributed by atoms with E-state index in [0.717, 1.165) is 34.7 Å². The van der Waals surface area contributed by atoms with Crippen LogP contribution in [0.3, 0.4) is 0 Å². The third kappa shape index (κ3) is 2.86. The Morgan fingerprint density at radius 2 is 2.10 bits per heavy atom. The highest BCUT2D eigenvalue weighted by Gasteiger charge is 2.30. The van der Waals surface area contributed by atoms with Gasteiger partial charge in [-0.15, -0.1) is 0 Å². The van der Waals surface area contributed by atoms with Crippen LogP contribution in [0.25, 0.3) is 28.5 Å². The molecule has 154 valence electrons. The number of methoxy groups -OCH3 is 1. The summed E-state index contributed by atoms with van der Waals surface area (Å²) in [5.41, 5.74) is 4.93. The second-order valence-corrected chi connectivity index (χ2v) is 8.18. The molecule has 0 spiro atoms. The van der Waals surface area contributed by atoms with Crippen molar-refractivity contribution in [3.8, 4) is 28.5 Å². The summed E-state index contributed by atoms with van der Waals surface area (Å²) in [5.74, 6) is 0.841. The lowest BCUT2D eigenvalue weighted by Crippen LogP contribution is -2.19. The molecule has 0 N–H and O–H groups in total. The smallest absolute Gasteiger partial charge is 0.258 e. The van der Waals surface area contributed by atoms with Gasteiger partial charge in [0.1, 0.15) is 17.6 Å². The molecule has 0 amide bonds. The van der Waals surface area contributed by atoms with Crippen LogP contribution >= 0.6 is 11.6 Å². The maximum Gasteiger partial charge on any atom is 0.258 e. The molecule has 0 saturated heterocycles. The first kappa shape index (κ1) is 19.0. The maximum atomic E-state index is 6.32. The normalized spacial score (nSPS) is 13.0. The fourth-order valence-electron chi connectivity index (χ4n) is 3.66. The van der Waals surface area contributed by atoms with Crippen molar-refractivity contribution in [2.75, 3.05) is 7.11 Å². The summed E-state index contributed by atoms with van der Waals surface area (Å²) in [4.78, 5) is 9.19. The van der Waals surface area contributed by atoms with Crippen LogP contribution in [-0.4, -0.2) is 36.6 Å². The first-order valence-electron chi connectivity index (χ1n) is 9.74. The zero-order chi connectivity index (χ0) is 21.0. The second-order valence-electron chi connectivity index (χ2n) is 7.74. The van der Waals surface area contributed by atoms with Crippen LogP contribution in [0.1, 0.15) is 37.9 Å². The van der Waals surface area contributed by atoms with E-state index in [9.17, 15) is 0 Å². The van der Waals surface area contributed by atoms with Gasteiger partial charge in [-0.05, 0) is 39.0 Å². The number of halogens is 1. The largest absolute Gasteiger partial charge is 0.369 e. The van der Waals surface area contributed by atoms with Crippen molar-refractivity contribution >= 4 is 11.6 Å². The molecule has 4 aromatic rings. The van der Waals surface area contributed by atoms with E-state index < -0.39 is 5.60 Å². The van der Waals surface area contributed by atoms with Crippen LogP contribution in [0.4, 0.5) is 0 Å². The highest BCUT2D eigenvalue weighted by Crippen LogP contribution is 2.38. The van der Waals surface area contributed by atoms with Gasteiger partial charge in [0, 0.05) is 42.4 Å². The van der Waals surface area contributed by atoms with Crippen LogP contribution in [0, 0.1) is 0 Å². The molecule has 0 atom stereocenters. The van der Waals surface area contributed by atoms with Gasteiger partial charge in [-0.2, -0.15) is 10.1 Å². The topological polar surface area (TPSA) is 83.8 Å². The van der Waals surface area contributed by atoms with Gasteiger partial charge in [0.2, 0.25) is 5.82 Å². The lowest BCUT2D eigenvalue weighted by Gasteiger charge is -2.16. The Bertz CT molecular complexity index is 1250.